The Morgan fingerprint density at radius 2 is 2.00 bits per heavy atom. The molecule has 0 bridgehead atoms. The molecule has 1 aromatic rings. The first-order chi connectivity index (χ1) is 9.99. The van der Waals surface area contributed by atoms with Crippen molar-refractivity contribution in [1.29, 1.82) is 0 Å². The van der Waals surface area contributed by atoms with Crippen LogP contribution in [0.1, 0.15) is 0 Å². The predicted molar refractivity (Wildman–Crippen MR) is 74.1 cm³/mol. The number of carbonyl (C=O) groups excluding carboxylic acids is 2. The van der Waals surface area contributed by atoms with Gasteiger partial charge in [0.25, 0.3) is 5.69 Å². The van der Waals surface area contributed by atoms with Gasteiger partial charge in [0.2, 0.25) is 0 Å². The first-order valence-electron chi connectivity index (χ1n) is 6.11. The molecule has 9 heteroatoms. The number of morpholine rings is 1. The Labute approximate surface area is 124 Å². The Balaban J connectivity index is 2.09. The van der Waals surface area contributed by atoms with Gasteiger partial charge in [-0.15, -0.1) is 0 Å². The number of rotatable bonds is 2. The molecule has 2 amide bonds. The number of hydrogen-bond donors (Lipinski definition) is 1. The van der Waals surface area contributed by atoms with Gasteiger partial charge in [-0.05, 0) is 6.07 Å². The number of nitro benzene ring substituents is 1. The molecule has 1 aliphatic heterocycles. The van der Waals surface area contributed by atoms with Crippen molar-refractivity contribution in [1.82, 2.24) is 4.90 Å². The summed E-state index contributed by atoms with van der Waals surface area (Å²) in [7, 11) is 0. The minimum Gasteiger partial charge on any atom is -0.378 e. The van der Waals surface area contributed by atoms with Crippen LogP contribution in [0.2, 0.25) is 5.02 Å². The van der Waals surface area contributed by atoms with Crippen molar-refractivity contribution in [2.24, 2.45) is 0 Å². The maximum Gasteiger partial charge on any atom is 0.313 e. The molecular formula is C12H12ClN3O5. The number of benzene rings is 1. The molecule has 0 unspecified atom stereocenters. The predicted octanol–water partition coefficient (Wildman–Crippen LogP) is 1.05. The monoisotopic (exact) mass is 313 g/mol. The van der Waals surface area contributed by atoms with Crippen molar-refractivity contribution >= 4 is 34.8 Å². The highest BCUT2D eigenvalue weighted by molar-refractivity contribution is 6.41. The topological polar surface area (TPSA) is 102 Å². The standard InChI is InChI=1S/C12H12ClN3O5/c13-9-2-1-8(16(19)20)7-10(9)14-11(17)12(18)15-3-5-21-6-4-15/h1-2,7H,3-6H2,(H,14,17). The largest absolute Gasteiger partial charge is 0.378 e. The lowest BCUT2D eigenvalue weighted by molar-refractivity contribution is -0.384. The molecule has 1 fully saturated rings. The summed E-state index contributed by atoms with van der Waals surface area (Å²) in [5.41, 5.74) is -0.203. The van der Waals surface area contributed by atoms with Crippen molar-refractivity contribution in [2.75, 3.05) is 31.6 Å². The number of carbonyl (C=O) groups is 2. The molecule has 0 aromatic heterocycles. The highest BCUT2D eigenvalue weighted by atomic mass is 35.5. The van der Waals surface area contributed by atoms with Crippen LogP contribution < -0.4 is 5.32 Å². The molecule has 0 spiro atoms. The number of anilines is 1. The lowest BCUT2D eigenvalue weighted by atomic mass is 10.2. The van der Waals surface area contributed by atoms with Crippen LogP contribution in [-0.4, -0.2) is 47.9 Å². The first kappa shape index (κ1) is 15.2. The lowest BCUT2D eigenvalue weighted by Gasteiger charge is -2.26. The average Bonchev–Trinajstić information content (AvgIpc) is 2.49. The van der Waals surface area contributed by atoms with E-state index < -0.39 is 16.7 Å². The highest BCUT2D eigenvalue weighted by Gasteiger charge is 2.24. The Morgan fingerprint density at radius 1 is 1.33 bits per heavy atom. The molecule has 112 valence electrons. The summed E-state index contributed by atoms with van der Waals surface area (Å²) < 4.78 is 5.09. The Kier molecular flexibility index (Phi) is 4.71. The second kappa shape index (κ2) is 6.51. The van der Waals surface area contributed by atoms with Crippen LogP contribution in [0.5, 0.6) is 0 Å². The summed E-state index contributed by atoms with van der Waals surface area (Å²) in [5.74, 6) is -1.61. The third-order valence-electron chi connectivity index (χ3n) is 2.90. The zero-order valence-electron chi connectivity index (χ0n) is 10.9. The van der Waals surface area contributed by atoms with Gasteiger partial charge in [-0.1, -0.05) is 11.6 Å². The van der Waals surface area contributed by atoms with E-state index in [-0.39, 0.29) is 16.4 Å². The maximum atomic E-state index is 11.9. The minimum atomic E-state index is -0.890. The van der Waals surface area contributed by atoms with Crippen LogP contribution in [-0.2, 0) is 14.3 Å². The second-order valence-electron chi connectivity index (χ2n) is 4.28. The number of nitrogens with one attached hydrogen (secondary N) is 1. The lowest BCUT2D eigenvalue weighted by Crippen LogP contribution is -2.45. The van der Waals surface area contributed by atoms with Gasteiger partial charge >= 0.3 is 11.8 Å². The SMILES string of the molecule is O=C(Nc1cc([N+](=O)[O-])ccc1Cl)C(=O)N1CCOCC1. The van der Waals surface area contributed by atoms with E-state index in [1.807, 2.05) is 0 Å². The molecule has 0 aliphatic carbocycles. The molecule has 0 radical (unpaired) electrons. The molecule has 21 heavy (non-hydrogen) atoms. The van der Waals surface area contributed by atoms with Gasteiger partial charge in [0, 0.05) is 25.2 Å². The third kappa shape index (κ3) is 3.67. The van der Waals surface area contributed by atoms with Gasteiger partial charge in [-0.25, -0.2) is 0 Å². The number of amides is 2. The Morgan fingerprint density at radius 3 is 2.62 bits per heavy atom. The quantitative estimate of drug-likeness (QED) is 0.499. The fourth-order valence-electron chi connectivity index (χ4n) is 1.81. The second-order valence-corrected chi connectivity index (χ2v) is 4.69. The van der Waals surface area contributed by atoms with Crippen molar-refractivity contribution in [2.45, 2.75) is 0 Å². The van der Waals surface area contributed by atoms with E-state index in [0.717, 1.165) is 6.07 Å². The molecule has 2 rings (SSSR count). The summed E-state index contributed by atoms with van der Waals surface area (Å²) in [6, 6.07) is 3.60. The number of hydrogen-bond acceptors (Lipinski definition) is 5. The maximum absolute atomic E-state index is 11.9. The summed E-state index contributed by atoms with van der Waals surface area (Å²) in [4.78, 5) is 35.2. The summed E-state index contributed by atoms with van der Waals surface area (Å²) >= 11 is 5.85. The van der Waals surface area contributed by atoms with E-state index in [0.29, 0.717) is 26.3 Å². The van der Waals surface area contributed by atoms with Crippen LogP contribution in [0.25, 0.3) is 0 Å². The normalized spacial score (nSPS) is 14.6. The number of ether oxygens (including phenoxy) is 1. The number of halogens is 1. The highest BCUT2D eigenvalue weighted by Crippen LogP contribution is 2.26. The molecule has 0 saturated carbocycles. The van der Waals surface area contributed by atoms with Crippen LogP contribution in [0.4, 0.5) is 11.4 Å². The van der Waals surface area contributed by atoms with E-state index in [9.17, 15) is 19.7 Å². The van der Waals surface area contributed by atoms with Gasteiger partial charge in [0.1, 0.15) is 0 Å². The van der Waals surface area contributed by atoms with Crippen molar-refractivity contribution in [3.05, 3.63) is 33.3 Å². The fraction of sp³-hybridized carbons (Fsp3) is 0.333. The molecule has 1 saturated heterocycles. The van der Waals surface area contributed by atoms with Gasteiger partial charge in [0.05, 0.1) is 28.8 Å². The molecular weight excluding hydrogens is 302 g/mol. The van der Waals surface area contributed by atoms with Gasteiger partial charge < -0.3 is 15.0 Å². The molecule has 1 heterocycles. The van der Waals surface area contributed by atoms with Crippen molar-refractivity contribution in [3.63, 3.8) is 0 Å². The van der Waals surface area contributed by atoms with Crippen LogP contribution in [0.15, 0.2) is 18.2 Å². The minimum absolute atomic E-state index is 0.0254. The van der Waals surface area contributed by atoms with Gasteiger partial charge in [-0.3, -0.25) is 19.7 Å². The number of nitro groups is 1. The van der Waals surface area contributed by atoms with Crippen molar-refractivity contribution < 1.29 is 19.2 Å². The Bertz CT molecular complexity index is 586. The summed E-state index contributed by atoms with van der Waals surface area (Å²) in [6.07, 6.45) is 0. The first-order valence-corrected chi connectivity index (χ1v) is 6.49. The van der Waals surface area contributed by atoms with E-state index in [1.165, 1.54) is 17.0 Å². The zero-order chi connectivity index (χ0) is 15.4. The van der Waals surface area contributed by atoms with Gasteiger partial charge in [-0.2, -0.15) is 0 Å². The zero-order valence-corrected chi connectivity index (χ0v) is 11.6. The van der Waals surface area contributed by atoms with Crippen LogP contribution in [0, 0.1) is 10.1 Å². The molecule has 1 aromatic carbocycles. The smallest absolute Gasteiger partial charge is 0.313 e. The summed E-state index contributed by atoms with van der Waals surface area (Å²) in [5, 5.41) is 13.1. The van der Waals surface area contributed by atoms with E-state index in [1.54, 1.807) is 0 Å². The molecule has 1 N–H and O–H groups in total. The van der Waals surface area contributed by atoms with Crippen LogP contribution >= 0.6 is 11.6 Å². The van der Waals surface area contributed by atoms with Gasteiger partial charge in [0.15, 0.2) is 0 Å². The van der Waals surface area contributed by atoms with E-state index in [4.69, 9.17) is 16.3 Å². The molecule has 8 nitrogen and oxygen atoms in total. The van der Waals surface area contributed by atoms with E-state index in [2.05, 4.69) is 5.32 Å². The third-order valence-corrected chi connectivity index (χ3v) is 3.23. The molecule has 1 aliphatic rings. The van der Waals surface area contributed by atoms with E-state index >= 15 is 0 Å². The average molecular weight is 314 g/mol. The number of non-ortho nitro benzene ring substituents is 1. The summed E-state index contributed by atoms with van der Waals surface area (Å²) in [6.45, 7) is 1.40. The van der Waals surface area contributed by atoms with Crippen LogP contribution in [0.3, 0.4) is 0 Å². The Hall–Kier alpha value is -2.19. The molecule has 0 atom stereocenters. The fourth-order valence-corrected chi connectivity index (χ4v) is 1.97. The number of nitrogens with zero attached hydrogens (tertiary/aromatic N) is 2. The van der Waals surface area contributed by atoms with Crippen molar-refractivity contribution in [3.8, 4) is 0 Å².